The number of urea groups is 1. The molecule has 3 aromatic carbocycles. The largest absolute Gasteiger partial charge is 0.322 e. The van der Waals surface area contributed by atoms with Gasteiger partial charge in [0, 0.05) is 48.4 Å². The second kappa shape index (κ2) is 12.0. The molecule has 1 aliphatic rings. The SMILES string of the molecule is CCc1cc(NC(=O)N2CCc3nc(-c4cncnc4)nc(-c4ccccc4C)c3C2)cc(-c2cccc(S(C)(=O)=O)c2)c1. The maximum atomic E-state index is 13.7. The molecule has 0 saturated carbocycles. The average Bonchev–Trinajstić information content (AvgIpc) is 3.04. The molecule has 10 heteroatoms. The number of aromatic nitrogens is 4. The lowest BCUT2D eigenvalue weighted by atomic mass is 9.96. The number of fused-ring (bicyclic) bond motifs is 1. The Bertz CT molecular complexity index is 1980. The Hall–Kier alpha value is -4.96. The van der Waals surface area contributed by atoms with Gasteiger partial charge in [0.15, 0.2) is 15.7 Å². The van der Waals surface area contributed by atoms with Crippen LogP contribution in [0.25, 0.3) is 33.8 Å². The highest BCUT2D eigenvalue weighted by Crippen LogP contribution is 2.33. The van der Waals surface area contributed by atoms with Gasteiger partial charge in [-0.05, 0) is 59.9 Å². The summed E-state index contributed by atoms with van der Waals surface area (Å²) in [5.41, 5.74) is 8.70. The van der Waals surface area contributed by atoms with E-state index < -0.39 is 9.84 Å². The van der Waals surface area contributed by atoms with Crippen molar-refractivity contribution in [2.45, 2.75) is 38.1 Å². The van der Waals surface area contributed by atoms with Crippen LogP contribution in [0.5, 0.6) is 0 Å². The van der Waals surface area contributed by atoms with Crippen molar-refractivity contribution < 1.29 is 13.2 Å². The van der Waals surface area contributed by atoms with Crippen LogP contribution in [0.1, 0.15) is 29.3 Å². The summed E-state index contributed by atoms with van der Waals surface area (Å²) in [6, 6.07) is 20.6. The van der Waals surface area contributed by atoms with Crippen LogP contribution in [-0.4, -0.2) is 52.1 Å². The van der Waals surface area contributed by atoms with E-state index in [1.165, 1.54) is 12.6 Å². The molecule has 9 nitrogen and oxygen atoms in total. The molecule has 6 rings (SSSR count). The van der Waals surface area contributed by atoms with Crippen molar-refractivity contribution in [3.8, 4) is 33.8 Å². The van der Waals surface area contributed by atoms with E-state index in [9.17, 15) is 13.2 Å². The van der Waals surface area contributed by atoms with Gasteiger partial charge in [-0.3, -0.25) is 0 Å². The fourth-order valence-corrected chi connectivity index (χ4v) is 6.10. The Labute approximate surface area is 257 Å². The highest BCUT2D eigenvalue weighted by Gasteiger charge is 2.27. The van der Waals surface area contributed by atoms with Gasteiger partial charge >= 0.3 is 6.03 Å². The zero-order valence-corrected chi connectivity index (χ0v) is 25.6. The van der Waals surface area contributed by atoms with Crippen LogP contribution in [-0.2, 0) is 29.2 Å². The maximum Gasteiger partial charge on any atom is 0.322 e. The molecule has 2 amide bonds. The standard InChI is InChI=1S/C34H32N6O3S/c1-4-23-14-25(24-9-7-10-28(17-24)44(3,42)43)16-27(15-23)37-34(41)40-13-12-31-30(20-40)32(29-11-6-5-8-22(29)2)39-33(38-31)26-18-35-21-36-19-26/h5-11,14-19,21H,4,12-13,20H2,1-3H3,(H,37,41). The minimum Gasteiger partial charge on any atom is -0.320 e. The van der Waals surface area contributed by atoms with E-state index in [4.69, 9.17) is 9.97 Å². The average molecular weight is 605 g/mol. The lowest BCUT2D eigenvalue weighted by Gasteiger charge is -2.30. The number of nitrogens with one attached hydrogen (secondary N) is 1. The number of sulfone groups is 1. The van der Waals surface area contributed by atoms with Crippen molar-refractivity contribution in [3.63, 3.8) is 0 Å². The first-order valence-corrected chi connectivity index (χ1v) is 16.3. The van der Waals surface area contributed by atoms with Crippen molar-refractivity contribution in [2.24, 2.45) is 0 Å². The molecule has 0 radical (unpaired) electrons. The molecule has 0 atom stereocenters. The molecule has 1 aliphatic heterocycles. The first-order valence-electron chi connectivity index (χ1n) is 14.4. The Balaban J connectivity index is 1.32. The van der Waals surface area contributed by atoms with E-state index in [-0.39, 0.29) is 10.9 Å². The minimum absolute atomic E-state index is 0.226. The lowest BCUT2D eigenvalue weighted by molar-refractivity contribution is 0.206. The number of carbonyl (C=O) groups is 1. The number of amides is 2. The molecule has 0 bridgehead atoms. The van der Waals surface area contributed by atoms with Crippen LogP contribution in [0, 0.1) is 6.92 Å². The predicted molar refractivity (Wildman–Crippen MR) is 171 cm³/mol. The molecule has 0 saturated heterocycles. The number of hydrogen-bond donors (Lipinski definition) is 1. The van der Waals surface area contributed by atoms with Crippen LogP contribution in [0.4, 0.5) is 10.5 Å². The lowest BCUT2D eigenvalue weighted by Crippen LogP contribution is -2.39. The molecule has 222 valence electrons. The fourth-order valence-electron chi connectivity index (χ4n) is 5.44. The summed E-state index contributed by atoms with van der Waals surface area (Å²) in [6.45, 7) is 4.94. The van der Waals surface area contributed by atoms with Crippen molar-refractivity contribution in [1.82, 2.24) is 24.8 Å². The number of rotatable bonds is 6. The summed E-state index contributed by atoms with van der Waals surface area (Å²) in [4.78, 5) is 33.9. The molecule has 0 aliphatic carbocycles. The van der Waals surface area contributed by atoms with Crippen LogP contribution in [0.2, 0.25) is 0 Å². The van der Waals surface area contributed by atoms with Gasteiger partial charge in [0.05, 0.1) is 28.4 Å². The third kappa shape index (κ3) is 6.07. The summed E-state index contributed by atoms with van der Waals surface area (Å²) in [5, 5.41) is 3.09. The van der Waals surface area contributed by atoms with Crippen molar-refractivity contribution in [1.29, 1.82) is 0 Å². The van der Waals surface area contributed by atoms with Crippen molar-refractivity contribution >= 4 is 21.6 Å². The summed E-state index contributed by atoms with van der Waals surface area (Å²) in [7, 11) is -3.35. The van der Waals surface area contributed by atoms with E-state index in [0.29, 0.717) is 31.0 Å². The summed E-state index contributed by atoms with van der Waals surface area (Å²) >= 11 is 0. The molecule has 2 aromatic heterocycles. The van der Waals surface area contributed by atoms with Crippen LogP contribution < -0.4 is 5.32 Å². The molecule has 0 unspecified atom stereocenters. The van der Waals surface area contributed by atoms with E-state index in [1.807, 2.05) is 62.4 Å². The van der Waals surface area contributed by atoms with Gasteiger partial charge in [-0.2, -0.15) is 0 Å². The highest BCUT2D eigenvalue weighted by atomic mass is 32.2. The third-order valence-corrected chi connectivity index (χ3v) is 8.92. The molecule has 0 spiro atoms. The van der Waals surface area contributed by atoms with Gasteiger partial charge in [0.1, 0.15) is 6.33 Å². The van der Waals surface area contributed by atoms with Crippen LogP contribution >= 0.6 is 0 Å². The summed E-state index contributed by atoms with van der Waals surface area (Å²) in [6.07, 6.45) is 7.41. The van der Waals surface area contributed by atoms with Gasteiger partial charge in [0.25, 0.3) is 0 Å². The normalized spacial score (nSPS) is 12.9. The number of carbonyl (C=O) groups excluding carboxylic acids is 1. The van der Waals surface area contributed by atoms with Gasteiger partial charge in [-0.1, -0.05) is 49.4 Å². The zero-order valence-electron chi connectivity index (χ0n) is 24.8. The van der Waals surface area contributed by atoms with Crippen molar-refractivity contribution in [3.05, 3.63) is 108 Å². The maximum absolute atomic E-state index is 13.7. The van der Waals surface area contributed by atoms with E-state index >= 15 is 0 Å². The molecule has 0 fully saturated rings. The van der Waals surface area contributed by atoms with Crippen LogP contribution in [0.15, 0.2) is 90.3 Å². The second-order valence-electron chi connectivity index (χ2n) is 10.9. The Kier molecular flexibility index (Phi) is 7.92. The first-order chi connectivity index (χ1) is 21.2. The molecule has 5 aromatic rings. The minimum atomic E-state index is -3.35. The summed E-state index contributed by atoms with van der Waals surface area (Å²) < 4.78 is 24.3. The summed E-state index contributed by atoms with van der Waals surface area (Å²) in [5.74, 6) is 0.560. The quantitative estimate of drug-likeness (QED) is 0.248. The Morgan fingerprint density at radius 3 is 2.48 bits per heavy atom. The van der Waals surface area contributed by atoms with Crippen LogP contribution in [0.3, 0.4) is 0 Å². The van der Waals surface area contributed by atoms with Gasteiger partial charge < -0.3 is 10.2 Å². The molecule has 1 N–H and O–H groups in total. The van der Waals surface area contributed by atoms with E-state index in [2.05, 4.69) is 15.3 Å². The number of anilines is 1. The predicted octanol–water partition coefficient (Wildman–Crippen LogP) is 6.13. The number of nitrogens with zero attached hydrogens (tertiary/aromatic N) is 5. The molecular formula is C34H32N6O3S. The topological polar surface area (TPSA) is 118 Å². The van der Waals surface area contributed by atoms with E-state index in [0.717, 1.165) is 56.8 Å². The number of hydrogen-bond acceptors (Lipinski definition) is 7. The van der Waals surface area contributed by atoms with Crippen molar-refractivity contribution in [2.75, 3.05) is 18.1 Å². The third-order valence-electron chi connectivity index (χ3n) is 7.81. The molecular weight excluding hydrogens is 572 g/mol. The second-order valence-corrected chi connectivity index (χ2v) is 13.0. The smallest absolute Gasteiger partial charge is 0.320 e. The first kappa shape index (κ1) is 29.1. The van der Waals surface area contributed by atoms with E-state index in [1.54, 1.807) is 35.5 Å². The fraction of sp³-hybridized carbons (Fsp3) is 0.206. The van der Waals surface area contributed by atoms with Gasteiger partial charge in [-0.15, -0.1) is 0 Å². The van der Waals surface area contributed by atoms with Gasteiger partial charge in [0.2, 0.25) is 0 Å². The Morgan fingerprint density at radius 1 is 0.932 bits per heavy atom. The highest BCUT2D eigenvalue weighted by molar-refractivity contribution is 7.90. The molecule has 44 heavy (non-hydrogen) atoms. The monoisotopic (exact) mass is 604 g/mol. The Morgan fingerprint density at radius 2 is 1.73 bits per heavy atom. The zero-order chi connectivity index (χ0) is 30.8. The number of benzene rings is 3. The van der Waals surface area contributed by atoms with Gasteiger partial charge in [-0.25, -0.2) is 33.1 Å². The number of aryl methyl sites for hydroxylation is 2. The molecule has 3 heterocycles.